The summed E-state index contributed by atoms with van der Waals surface area (Å²) in [5.74, 6) is 0.865. The Morgan fingerprint density at radius 2 is 2.07 bits per heavy atom. The molecule has 1 fully saturated rings. The van der Waals surface area contributed by atoms with E-state index in [-0.39, 0.29) is 41.3 Å². The highest BCUT2D eigenvalue weighted by Gasteiger charge is 2.27. The maximum atomic E-state index is 11.9. The molecule has 1 aliphatic heterocycles. The highest BCUT2D eigenvalue weighted by molar-refractivity contribution is 14.0. The number of aliphatic imine (C=N–C) groups is 1. The van der Waals surface area contributed by atoms with Gasteiger partial charge in [-0.25, -0.2) is 4.98 Å². The lowest BCUT2D eigenvalue weighted by molar-refractivity contribution is -0.149. The normalized spacial score (nSPS) is 16.0. The van der Waals surface area contributed by atoms with E-state index in [2.05, 4.69) is 41.4 Å². The Kier molecular flexibility index (Phi) is 10.0. The molecule has 1 saturated heterocycles. The Labute approximate surface area is 184 Å². The monoisotopic (exact) mass is 508 g/mol. The van der Waals surface area contributed by atoms with Gasteiger partial charge in [-0.2, -0.15) is 0 Å². The number of guanidine groups is 1. The van der Waals surface area contributed by atoms with Gasteiger partial charge in [-0.1, -0.05) is 20.8 Å². The van der Waals surface area contributed by atoms with Crippen LogP contribution in [0.1, 0.15) is 51.2 Å². The number of carbonyl (C=O) groups is 1. The number of nitrogens with zero attached hydrogens (tertiary/aromatic N) is 3. The van der Waals surface area contributed by atoms with Gasteiger partial charge in [-0.3, -0.25) is 9.79 Å². The van der Waals surface area contributed by atoms with Gasteiger partial charge in [0, 0.05) is 43.9 Å². The molecule has 0 unspecified atom stereocenters. The van der Waals surface area contributed by atoms with Crippen LogP contribution in [-0.2, 0) is 21.4 Å². The van der Waals surface area contributed by atoms with E-state index in [9.17, 15) is 4.79 Å². The number of carbonyl (C=O) groups excluding carboxylic acids is 1. The molecule has 2 rings (SSSR count). The largest absolute Gasteiger partial charge is 0.466 e. The third-order valence-corrected chi connectivity index (χ3v) is 5.48. The van der Waals surface area contributed by atoms with Crippen LogP contribution in [0.15, 0.2) is 10.4 Å². The second-order valence-electron chi connectivity index (χ2n) is 7.61. The summed E-state index contributed by atoms with van der Waals surface area (Å²) in [6.45, 7) is 11.3. The van der Waals surface area contributed by atoms with Gasteiger partial charge >= 0.3 is 5.97 Å². The summed E-state index contributed by atoms with van der Waals surface area (Å²) in [6.07, 6.45) is 2.53. The minimum Gasteiger partial charge on any atom is -0.466 e. The maximum absolute atomic E-state index is 11.9. The van der Waals surface area contributed by atoms with Gasteiger partial charge in [0.05, 0.1) is 23.2 Å². The summed E-state index contributed by atoms with van der Waals surface area (Å²) in [6, 6.07) is 0. The molecule has 0 atom stereocenters. The molecule has 27 heavy (non-hydrogen) atoms. The summed E-state index contributed by atoms with van der Waals surface area (Å²) >= 11 is 1.72. The first-order chi connectivity index (χ1) is 12.3. The first kappa shape index (κ1) is 24.1. The zero-order valence-electron chi connectivity index (χ0n) is 17.1. The number of hydrogen-bond acceptors (Lipinski definition) is 5. The van der Waals surface area contributed by atoms with Crippen LogP contribution < -0.4 is 5.32 Å². The minimum atomic E-state index is -0.0616. The third kappa shape index (κ3) is 7.21. The lowest BCUT2D eigenvalue weighted by atomic mass is 9.93. The first-order valence-corrected chi connectivity index (χ1v) is 10.3. The third-order valence-electron chi connectivity index (χ3n) is 4.57. The lowest BCUT2D eigenvalue weighted by Crippen LogP contribution is -2.47. The Morgan fingerprint density at radius 3 is 2.59 bits per heavy atom. The molecular formula is C19H33IN4O2S. The van der Waals surface area contributed by atoms with Crippen molar-refractivity contribution in [1.29, 1.82) is 0 Å². The van der Waals surface area contributed by atoms with Crippen molar-refractivity contribution in [2.75, 3.05) is 33.3 Å². The van der Waals surface area contributed by atoms with Crippen LogP contribution in [0, 0.1) is 5.92 Å². The summed E-state index contributed by atoms with van der Waals surface area (Å²) in [5.41, 5.74) is 1.25. The second-order valence-corrected chi connectivity index (χ2v) is 8.56. The van der Waals surface area contributed by atoms with E-state index < -0.39 is 0 Å². The Balaban J connectivity index is 0.00000364. The first-order valence-electron chi connectivity index (χ1n) is 9.42. The van der Waals surface area contributed by atoms with E-state index in [1.54, 1.807) is 18.4 Å². The van der Waals surface area contributed by atoms with Gasteiger partial charge < -0.3 is 15.0 Å². The van der Waals surface area contributed by atoms with Crippen LogP contribution in [0.5, 0.6) is 0 Å². The highest BCUT2D eigenvalue weighted by Crippen LogP contribution is 2.24. The van der Waals surface area contributed by atoms with E-state index in [0.29, 0.717) is 6.61 Å². The fraction of sp³-hybridized carbons (Fsp3) is 0.737. The van der Waals surface area contributed by atoms with Crippen molar-refractivity contribution in [3.05, 3.63) is 16.1 Å². The topological polar surface area (TPSA) is 66.8 Å². The summed E-state index contributed by atoms with van der Waals surface area (Å²) in [5, 5.41) is 6.74. The van der Waals surface area contributed by atoms with Gasteiger partial charge in [0.15, 0.2) is 5.96 Å². The number of piperidine rings is 1. The van der Waals surface area contributed by atoms with Crippen LogP contribution in [-0.4, -0.2) is 55.1 Å². The summed E-state index contributed by atoms with van der Waals surface area (Å²) < 4.78 is 5.13. The number of hydrogen-bond donors (Lipinski definition) is 1. The number of esters is 1. The molecule has 0 amide bonds. The zero-order chi connectivity index (χ0) is 19.2. The molecule has 1 aliphatic rings. The zero-order valence-corrected chi connectivity index (χ0v) is 20.2. The molecule has 0 radical (unpaired) electrons. The number of thiazole rings is 1. The van der Waals surface area contributed by atoms with E-state index in [0.717, 1.165) is 55.6 Å². The molecule has 2 heterocycles. The fourth-order valence-corrected chi connectivity index (χ4v) is 4.00. The van der Waals surface area contributed by atoms with Crippen LogP contribution in [0.3, 0.4) is 0 Å². The molecule has 8 heteroatoms. The molecule has 1 aromatic heterocycles. The second kappa shape index (κ2) is 11.2. The molecule has 154 valence electrons. The molecular weight excluding hydrogens is 475 g/mol. The number of ether oxygens (including phenoxy) is 1. The van der Waals surface area contributed by atoms with Crippen LogP contribution in [0.25, 0.3) is 0 Å². The minimum absolute atomic E-state index is 0. The number of halogens is 1. The Morgan fingerprint density at radius 1 is 1.41 bits per heavy atom. The van der Waals surface area contributed by atoms with Crippen molar-refractivity contribution in [2.45, 2.75) is 52.4 Å². The van der Waals surface area contributed by atoms with E-state index in [1.807, 2.05) is 6.92 Å². The smallest absolute Gasteiger partial charge is 0.309 e. The number of rotatable bonds is 5. The highest BCUT2D eigenvalue weighted by atomic mass is 127. The van der Waals surface area contributed by atoms with Gasteiger partial charge in [0.2, 0.25) is 0 Å². The molecule has 0 aliphatic carbocycles. The van der Waals surface area contributed by atoms with Crippen molar-refractivity contribution in [3.63, 3.8) is 0 Å². The summed E-state index contributed by atoms with van der Waals surface area (Å²) in [7, 11) is 1.81. The van der Waals surface area contributed by atoms with E-state index in [4.69, 9.17) is 9.72 Å². The Hall–Kier alpha value is -0.900. The van der Waals surface area contributed by atoms with E-state index >= 15 is 0 Å². The molecule has 0 spiro atoms. The molecule has 1 N–H and O–H groups in total. The summed E-state index contributed by atoms with van der Waals surface area (Å²) in [4.78, 5) is 23.2. The molecule has 6 nitrogen and oxygen atoms in total. The van der Waals surface area contributed by atoms with Crippen LogP contribution in [0.4, 0.5) is 0 Å². The fourth-order valence-electron chi connectivity index (χ4n) is 2.97. The van der Waals surface area contributed by atoms with Crippen molar-refractivity contribution >= 4 is 47.2 Å². The van der Waals surface area contributed by atoms with Crippen molar-refractivity contribution in [3.8, 4) is 0 Å². The van der Waals surface area contributed by atoms with Gasteiger partial charge in [-0.15, -0.1) is 35.3 Å². The molecule has 0 bridgehead atoms. The molecule has 0 aromatic carbocycles. The number of likely N-dealkylation sites (tertiary alicyclic amines) is 1. The predicted molar refractivity (Wildman–Crippen MR) is 122 cm³/mol. The van der Waals surface area contributed by atoms with Crippen molar-refractivity contribution in [1.82, 2.24) is 15.2 Å². The number of nitrogens with one attached hydrogen (secondary N) is 1. The quantitative estimate of drug-likeness (QED) is 0.286. The standard InChI is InChI=1S/C19H32N4O2S.HI/c1-6-25-17(24)14-8-11-23(12-9-14)18(20-5)21-10-7-16-22-15(13-26-16)19(2,3)4;/h13-14H,6-12H2,1-5H3,(H,20,21);1H. The molecule has 1 aromatic rings. The predicted octanol–water partition coefficient (Wildman–Crippen LogP) is 3.45. The Bertz CT molecular complexity index is 619. The average Bonchev–Trinajstić information content (AvgIpc) is 3.08. The van der Waals surface area contributed by atoms with Gasteiger partial charge in [0.25, 0.3) is 0 Å². The maximum Gasteiger partial charge on any atom is 0.309 e. The van der Waals surface area contributed by atoms with Crippen LogP contribution in [0.2, 0.25) is 0 Å². The lowest BCUT2D eigenvalue weighted by Gasteiger charge is -2.33. The van der Waals surface area contributed by atoms with Gasteiger partial charge in [0.1, 0.15) is 0 Å². The van der Waals surface area contributed by atoms with Crippen molar-refractivity contribution in [2.24, 2.45) is 10.9 Å². The molecule has 0 saturated carbocycles. The average molecular weight is 508 g/mol. The number of aromatic nitrogens is 1. The van der Waals surface area contributed by atoms with Crippen LogP contribution >= 0.6 is 35.3 Å². The SMILES string of the molecule is CCOC(=O)C1CCN(C(=NC)NCCc2nc(C(C)(C)C)cs2)CC1.I. The van der Waals surface area contributed by atoms with E-state index in [1.165, 1.54) is 0 Å². The van der Waals surface area contributed by atoms with Gasteiger partial charge in [-0.05, 0) is 19.8 Å². The van der Waals surface area contributed by atoms with Crippen molar-refractivity contribution < 1.29 is 9.53 Å².